The van der Waals surface area contributed by atoms with Gasteiger partial charge in [0.1, 0.15) is 29.5 Å². The standard InChI is InChI=1S/C22H19F2N7/c1-30(12-20-26-13-31(29-20)16-5-2-4-14(23)10-16)22-17-6-3-7-18(17)27-21(28-22)19-11-15(24)8-9-25-19/h2,4-5,8-11,13H,3,6-7,12H2,1H3. The first-order valence-corrected chi connectivity index (χ1v) is 9.96. The van der Waals surface area contributed by atoms with Crippen LogP contribution in [0.1, 0.15) is 23.5 Å². The number of aryl methyl sites for hydroxylation is 1. The Morgan fingerprint density at radius 3 is 2.74 bits per heavy atom. The van der Waals surface area contributed by atoms with Gasteiger partial charge in [-0.2, -0.15) is 0 Å². The molecule has 0 aliphatic heterocycles. The summed E-state index contributed by atoms with van der Waals surface area (Å²) in [4.78, 5) is 19.9. The predicted octanol–water partition coefficient (Wildman–Crippen LogP) is 3.52. The fourth-order valence-corrected chi connectivity index (χ4v) is 3.77. The van der Waals surface area contributed by atoms with Crippen molar-refractivity contribution in [2.75, 3.05) is 11.9 Å². The third-order valence-electron chi connectivity index (χ3n) is 5.21. The molecule has 0 saturated heterocycles. The predicted molar refractivity (Wildman–Crippen MR) is 111 cm³/mol. The molecule has 1 aliphatic carbocycles. The van der Waals surface area contributed by atoms with E-state index >= 15 is 0 Å². The highest BCUT2D eigenvalue weighted by atomic mass is 19.1. The lowest BCUT2D eigenvalue weighted by Gasteiger charge is -2.20. The van der Waals surface area contributed by atoms with E-state index in [9.17, 15) is 8.78 Å². The lowest BCUT2D eigenvalue weighted by atomic mass is 10.2. The van der Waals surface area contributed by atoms with Crippen LogP contribution < -0.4 is 4.90 Å². The number of aromatic nitrogens is 6. The summed E-state index contributed by atoms with van der Waals surface area (Å²) in [7, 11) is 1.91. The van der Waals surface area contributed by atoms with Crippen LogP contribution in [-0.2, 0) is 19.4 Å². The van der Waals surface area contributed by atoms with Gasteiger partial charge in [-0.15, -0.1) is 5.10 Å². The molecule has 1 aromatic carbocycles. The van der Waals surface area contributed by atoms with Crippen LogP contribution in [0.3, 0.4) is 0 Å². The van der Waals surface area contributed by atoms with E-state index in [1.807, 2.05) is 11.9 Å². The Morgan fingerprint density at radius 1 is 1.03 bits per heavy atom. The zero-order chi connectivity index (χ0) is 21.4. The average molecular weight is 419 g/mol. The van der Waals surface area contributed by atoms with Gasteiger partial charge in [0.25, 0.3) is 0 Å². The molecular weight excluding hydrogens is 400 g/mol. The minimum absolute atomic E-state index is 0.332. The molecule has 0 radical (unpaired) electrons. The summed E-state index contributed by atoms with van der Waals surface area (Å²) in [6.07, 6.45) is 5.71. The van der Waals surface area contributed by atoms with Crippen molar-refractivity contribution in [3.8, 4) is 17.2 Å². The Morgan fingerprint density at radius 2 is 1.90 bits per heavy atom. The van der Waals surface area contributed by atoms with E-state index in [1.54, 1.807) is 23.1 Å². The van der Waals surface area contributed by atoms with Crippen molar-refractivity contribution in [3.05, 3.63) is 77.6 Å². The van der Waals surface area contributed by atoms with Crippen molar-refractivity contribution in [1.29, 1.82) is 0 Å². The lowest BCUT2D eigenvalue weighted by Crippen LogP contribution is -2.21. The molecule has 7 nitrogen and oxygen atoms in total. The summed E-state index contributed by atoms with van der Waals surface area (Å²) < 4.78 is 28.7. The van der Waals surface area contributed by atoms with Gasteiger partial charge >= 0.3 is 0 Å². The normalized spacial score (nSPS) is 12.7. The maximum absolute atomic E-state index is 13.7. The van der Waals surface area contributed by atoms with E-state index in [1.165, 1.54) is 30.5 Å². The van der Waals surface area contributed by atoms with Crippen LogP contribution in [0, 0.1) is 11.6 Å². The van der Waals surface area contributed by atoms with Crippen LogP contribution in [0.15, 0.2) is 48.9 Å². The van der Waals surface area contributed by atoms with Crippen molar-refractivity contribution in [3.63, 3.8) is 0 Å². The maximum Gasteiger partial charge on any atom is 0.180 e. The van der Waals surface area contributed by atoms with E-state index in [0.29, 0.717) is 29.6 Å². The SMILES string of the molecule is CN(Cc1ncn(-c2cccc(F)c2)n1)c1nc(-c2cc(F)ccn2)nc2c1CCC2. The molecule has 5 rings (SSSR count). The zero-order valence-corrected chi connectivity index (χ0v) is 16.8. The number of halogens is 2. The first-order valence-electron chi connectivity index (χ1n) is 9.96. The molecule has 0 spiro atoms. The number of fused-ring (bicyclic) bond motifs is 1. The quantitative estimate of drug-likeness (QED) is 0.493. The molecule has 0 bridgehead atoms. The molecule has 4 aromatic rings. The van der Waals surface area contributed by atoms with Crippen molar-refractivity contribution < 1.29 is 8.78 Å². The molecule has 31 heavy (non-hydrogen) atoms. The molecule has 0 saturated carbocycles. The Kier molecular flexibility index (Phi) is 4.85. The van der Waals surface area contributed by atoms with E-state index in [4.69, 9.17) is 4.98 Å². The lowest BCUT2D eigenvalue weighted by molar-refractivity contribution is 0.625. The molecule has 156 valence electrons. The Bertz CT molecular complexity index is 1250. The summed E-state index contributed by atoms with van der Waals surface area (Å²) in [6.45, 7) is 0.405. The molecule has 3 heterocycles. The summed E-state index contributed by atoms with van der Waals surface area (Å²) in [5.41, 5.74) is 3.06. The number of hydrogen-bond acceptors (Lipinski definition) is 6. The van der Waals surface area contributed by atoms with Gasteiger partial charge in [-0.05, 0) is 43.5 Å². The number of benzene rings is 1. The number of hydrogen-bond donors (Lipinski definition) is 0. The first kappa shape index (κ1) is 19.2. The van der Waals surface area contributed by atoms with Gasteiger partial charge in [0.05, 0.1) is 12.2 Å². The number of rotatable bonds is 5. The Hall–Kier alpha value is -3.75. The first-order chi connectivity index (χ1) is 15.1. The molecule has 3 aromatic heterocycles. The van der Waals surface area contributed by atoms with Crippen molar-refractivity contribution in [2.24, 2.45) is 0 Å². The van der Waals surface area contributed by atoms with Gasteiger partial charge in [-0.25, -0.2) is 28.4 Å². The van der Waals surface area contributed by atoms with Crippen molar-refractivity contribution >= 4 is 5.82 Å². The average Bonchev–Trinajstić information content (AvgIpc) is 3.42. The fourth-order valence-electron chi connectivity index (χ4n) is 3.77. The second-order valence-electron chi connectivity index (χ2n) is 7.45. The largest absolute Gasteiger partial charge is 0.352 e. The minimum Gasteiger partial charge on any atom is -0.352 e. The van der Waals surface area contributed by atoms with Gasteiger partial charge in [0.2, 0.25) is 0 Å². The molecule has 1 aliphatic rings. The Balaban J connectivity index is 1.45. The maximum atomic E-state index is 13.7. The highest BCUT2D eigenvalue weighted by molar-refractivity contribution is 5.58. The smallest absolute Gasteiger partial charge is 0.180 e. The number of anilines is 1. The van der Waals surface area contributed by atoms with Crippen LogP contribution >= 0.6 is 0 Å². The van der Waals surface area contributed by atoms with Gasteiger partial charge in [-0.1, -0.05) is 6.07 Å². The van der Waals surface area contributed by atoms with Gasteiger partial charge in [0.15, 0.2) is 11.6 Å². The molecule has 0 unspecified atom stereocenters. The number of pyridine rings is 1. The van der Waals surface area contributed by atoms with E-state index in [-0.39, 0.29) is 11.6 Å². The van der Waals surface area contributed by atoms with E-state index in [0.717, 1.165) is 36.3 Å². The van der Waals surface area contributed by atoms with E-state index in [2.05, 4.69) is 20.1 Å². The zero-order valence-electron chi connectivity index (χ0n) is 16.8. The number of nitrogens with zero attached hydrogens (tertiary/aromatic N) is 7. The van der Waals surface area contributed by atoms with Gasteiger partial charge in [-0.3, -0.25) is 4.98 Å². The Labute approximate surface area is 177 Å². The van der Waals surface area contributed by atoms with Crippen LogP contribution in [0.4, 0.5) is 14.6 Å². The van der Waals surface area contributed by atoms with Crippen molar-refractivity contribution in [2.45, 2.75) is 25.8 Å². The topological polar surface area (TPSA) is 72.6 Å². The third kappa shape index (κ3) is 3.86. The van der Waals surface area contributed by atoms with Crippen molar-refractivity contribution in [1.82, 2.24) is 29.7 Å². The summed E-state index contributed by atoms with van der Waals surface area (Å²) >= 11 is 0. The highest BCUT2D eigenvalue weighted by Gasteiger charge is 2.23. The minimum atomic E-state index is -0.379. The molecule has 9 heteroatoms. The monoisotopic (exact) mass is 419 g/mol. The molecule has 0 fully saturated rings. The molecular formula is C22H19F2N7. The van der Waals surface area contributed by atoms with Gasteiger partial charge in [0, 0.05) is 30.6 Å². The molecule has 0 atom stereocenters. The van der Waals surface area contributed by atoms with Crippen LogP contribution in [0.2, 0.25) is 0 Å². The molecule has 0 amide bonds. The van der Waals surface area contributed by atoms with Crippen LogP contribution in [0.5, 0.6) is 0 Å². The van der Waals surface area contributed by atoms with Gasteiger partial charge < -0.3 is 4.90 Å². The highest BCUT2D eigenvalue weighted by Crippen LogP contribution is 2.31. The molecule has 0 N–H and O–H groups in total. The third-order valence-corrected chi connectivity index (χ3v) is 5.21. The van der Waals surface area contributed by atoms with Crippen LogP contribution in [-0.4, -0.2) is 36.8 Å². The summed E-state index contributed by atoms with van der Waals surface area (Å²) in [5, 5.41) is 4.46. The summed E-state index contributed by atoms with van der Waals surface area (Å²) in [5.74, 6) is 1.03. The van der Waals surface area contributed by atoms with Crippen LogP contribution in [0.25, 0.3) is 17.2 Å². The fraction of sp³-hybridized carbons (Fsp3) is 0.227. The summed E-state index contributed by atoms with van der Waals surface area (Å²) in [6, 6.07) is 8.81. The van der Waals surface area contributed by atoms with E-state index < -0.39 is 0 Å². The second kappa shape index (κ2) is 7.82. The second-order valence-corrected chi connectivity index (χ2v) is 7.45.